The molecule has 128 valence electrons. The van der Waals surface area contributed by atoms with Gasteiger partial charge < -0.3 is 20.1 Å². The molecule has 2 rings (SSSR count). The molecule has 2 heterocycles. The maximum Gasteiger partial charge on any atom is 0.408 e. The Labute approximate surface area is 139 Å². The van der Waals surface area contributed by atoms with Gasteiger partial charge in [-0.05, 0) is 20.8 Å². The molecule has 9 heteroatoms. The van der Waals surface area contributed by atoms with E-state index in [9.17, 15) is 14.7 Å². The molecule has 23 heavy (non-hydrogen) atoms. The van der Waals surface area contributed by atoms with Crippen molar-refractivity contribution in [3.63, 3.8) is 0 Å². The second kappa shape index (κ2) is 6.31. The molecule has 0 saturated carbocycles. The van der Waals surface area contributed by atoms with Gasteiger partial charge in [0.1, 0.15) is 11.4 Å². The van der Waals surface area contributed by atoms with Crippen LogP contribution in [0.3, 0.4) is 0 Å². The molecule has 1 aliphatic rings. The summed E-state index contributed by atoms with van der Waals surface area (Å²) >= 11 is 1.24. The molecule has 8 nitrogen and oxygen atoms in total. The SMILES string of the molecule is CCc1nsc(N2CCC(NC(=O)OC(C)(C)C)(C(=O)O)C2)n1. The standard InChI is InChI=1S/C14H22N4O4S/c1-5-9-15-11(23-17-9)18-7-6-14(8-18,10(19)20)16-12(21)22-13(2,3)4/h5-8H2,1-4H3,(H,16,21)(H,19,20). The Kier molecular flexibility index (Phi) is 4.79. The molecule has 1 unspecified atom stereocenters. The summed E-state index contributed by atoms with van der Waals surface area (Å²) in [7, 11) is 0. The van der Waals surface area contributed by atoms with E-state index < -0.39 is 23.2 Å². The average molecular weight is 342 g/mol. The fraction of sp³-hybridized carbons (Fsp3) is 0.714. The predicted molar refractivity (Wildman–Crippen MR) is 85.9 cm³/mol. The van der Waals surface area contributed by atoms with E-state index in [1.54, 1.807) is 20.8 Å². The topological polar surface area (TPSA) is 105 Å². The first kappa shape index (κ1) is 17.5. The molecule has 0 spiro atoms. The van der Waals surface area contributed by atoms with Crippen molar-refractivity contribution in [3.05, 3.63) is 5.82 Å². The van der Waals surface area contributed by atoms with Crippen LogP contribution in [0.25, 0.3) is 0 Å². The highest BCUT2D eigenvalue weighted by Crippen LogP contribution is 2.29. The second-order valence-corrected chi connectivity index (χ2v) is 7.26. The number of carboxylic acid groups (broad SMARTS) is 1. The highest BCUT2D eigenvalue weighted by atomic mass is 32.1. The number of amides is 1. The van der Waals surface area contributed by atoms with Crippen LogP contribution in [0.4, 0.5) is 9.93 Å². The van der Waals surface area contributed by atoms with E-state index in [4.69, 9.17) is 4.74 Å². The predicted octanol–water partition coefficient (Wildman–Crippen LogP) is 1.66. The summed E-state index contributed by atoms with van der Waals surface area (Å²) in [5.74, 6) is -0.344. The lowest BCUT2D eigenvalue weighted by Crippen LogP contribution is -2.57. The molecule has 0 aromatic carbocycles. The third-order valence-corrected chi connectivity index (χ3v) is 4.28. The van der Waals surface area contributed by atoms with Crippen molar-refractivity contribution in [1.29, 1.82) is 0 Å². The maximum atomic E-state index is 12.0. The number of alkyl carbamates (subject to hydrolysis) is 1. The number of anilines is 1. The van der Waals surface area contributed by atoms with E-state index in [1.807, 2.05) is 11.8 Å². The van der Waals surface area contributed by atoms with Crippen molar-refractivity contribution < 1.29 is 19.4 Å². The quantitative estimate of drug-likeness (QED) is 0.857. The lowest BCUT2D eigenvalue weighted by Gasteiger charge is -2.28. The number of carbonyl (C=O) groups is 2. The van der Waals surface area contributed by atoms with Gasteiger partial charge in [-0.25, -0.2) is 14.6 Å². The zero-order valence-electron chi connectivity index (χ0n) is 13.8. The minimum absolute atomic E-state index is 0.139. The summed E-state index contributed by atoms with van der Waals surface area (Å²) in [6.45, 7) is 7.78. The third-order valence-electron chi connectivity index (χ3n) is 3.46. The first-order chi connectivity index (χ1) is 10.6. The second-order valence-electron chi connectivity index (χ2n) is 6.53. The number of aliphatic carboxylic acids is 1. The maximum absolute atomic E-state index is 12.0. The van der Waals surface area contributed by atoms with E-state index in [1.165, 1.54) is 11.5 Å². The first-order valence-corrected chi connectivity index (χ1v) is 8.24. The molecule has 0 radical (unpaired) electrons. The van der Waals surface area contributed by atoms with Crippen molar-refractivity contribution in [2.24, 2.45) is 0 Å². The third kappa shape index (κ3) is 4.10. The lowest BCUT2D eigenvalue weighted by molar-refractivity contribution is -0.143. The summed E-state index contributed by atoms with van der Waals surface area (Å²) in [6.07, 6.45) is 0.279. The van der Waals surface area contributed by atoms with Crippen LogP contribution < -0.4 is 10.2 Å². The Morgan fingerprint density at radius 3 is 2.70 bits per heavy atom. The van der Waals surface area contributed by atoms with Crippen molar-refractivity contribution in [2.75, 3.05) is 18.0 Å². The van der Waals surface area contributed by atoms with Gasteiger partial charge in [0.05, 0.1) is 6.54 Å². The Hall–Kier alpha value is -1.90. The molecule has 1 fully saturated rings. The summed E-state index contributed by atoms with van der Waals surface area (Å²) in [5.41, 5.74) is -2.06. The number of hydrogen-bond acceptors (Lipinski definition) is 7. The number of aryl methyl sites for hydroxylation is 1. The molecular weight excluding hydrogens is 320 g/mol. The van der Waals surface area contributed by atoms with Crippen LogP contribution in [0.15, 0.2) is 0 Å². The Morgan fingerprint density at radius 1 is 1.48 bits per heavy atom. The minimum Gasteiger partial charge on any atom is -0.479 e. The number of hydrogen-bond donors (Lipinski definition) is 2. The summed E-state index contributed by atoms with van der Waals surface area (Å²) < 4.78 is 9.39. The van der Waals surface area contributed by atoms with Gasteiger partial charge in [-0.1, -0.05) is 6.92 Å². The fourth-order valence-electron chi connectivity index (χ4n) is 2.32. The van der Waals surface area contributed by atoms with Crippen LogP contribution in [0, 0.1) is 0 Å². The van der Waals surface area contributed by atoms with Gasteiger partial charge in [0.15, 0.2) is 5.54 Å². The van der Waals surface area contributed by atoms with Crippen molar-refractivity contribution in [1.82, 2.24) is 14.7 Å². The Bertz CT molecular complexity index is 598. The first-order valence-electron chi connectivity index (χ1n) is 7.47. The van der Waals surface area contributed by atoms with Crippen LogP contribution in [0.2, 0.25) is 0 Å². The van der Waals surface area contributed by atoms with Gasteiger partial charge in [0, 0.05) is 30.9 Å². The molecule has 1 amide bonds. The van der Waals surface area contributed by atoms with Crippen LogP contribution >= 0.6 is 11.5 Å². The van der Waals surface area contributed by atoms with Crippen LogP contribution in [0.1, 0.15) is 39.9 Å². The molecule has 1 aliphatic heterocycles. The zero-order chi connectivity index (χ0) is 17.3. The number of rotatable bonds is 4. The number of ether oxygens (including phenoxy) is 1. The fourth-order valence-corrected chi connectivity index (χ4v) is 3.09. The molecule has 2 N–H and O–H groups in total. The van der Waals surface area contributed by atoms with Crippen LogP contribution in [0.5, 0.6) is 0 Å². The molecule has 1 saturated heterocycles. The molecule has 0 bridgehead atoms. The molecule has 1 atom stereocenters. The van der Waals surface area contributed by atoms with Gasteiger partial charge in [-0.15, -0.1) is 0 Å². The van der Waals surface area contributed by atoms with E-state index in [2.05, 4.69) is 14.7 Å². The Morgan fingerprint density at radius 2 is 2.17 bits per heavy atom. The van der Waals surface area contributed by atoms with Gasteiger partial charge in [0.25, 0.3) is 0 Å². The van der Waals surface area contributed by atoms with Gasteiger partial charge in [-0.3, -0.25) is 0 Å². The van der Waals surface area contributed by atoms with E-state index in [0.717, 1.165) is 12.2 Å². The van der Waals surface area contributed by atoms with Crippen molar-refractivity contribution >= 4 is 28.7 Å². The zero-order valence-corrected chi connectivity index (χ0v) is 14.6. The van der Waals surface area contributed by atoms with E-state index >= 15 is 0 Å². The normalized spacial score (nSPS) is 21.3. The largest absolute Gasteiger partial charge is 0.479 e. The van der Waals surface area contributed by atoms with Gasteiger partial charge in [-0.2, -0.15) is 4.37 Å². The lowest BCUT2D eigenvalue weighted by atomic mass is 9.99. The van der Waals surface area contributed by atoms with Gasteiger partial charge >= 0.3 is 12.1 Å². The Balaban J connectivity index is 2.10. The van der Waals surface area contributed by atoms with Crippen LogP contribution in [-0.2, 0) is 16.0 Å². The monoisotopic (exact) mass is 342 g/mol. The van der Waals surface area contributed by atoms with Gasteiger partial charge in [0.2, 0.25) is 5.13 Å². The molecular formula is C14H22N4O4S. The number of nitrogens with one attached hydrogen (secondary N) is 1. The smallest absolute Gasteiger partial charge is 0.408 e. The van der Waals surface area contributed by atoms with Crippen LogP contribution in [-0.4, -0.2) is 50.8 Å². The van der Waals surface area contributed by atoms with Crippen molar-refractivity contribution in [3.8, 4) is 0 Å². The van der Waals surface area contributed by atoms with E-state index in [0.29, 0.717) is 11.7 Å². The average Bonchev–Trinajstić information content (AvgIpc) is 3.02. The molecule has 1 aromatic heterocycles. The highest BCUT2D eigenvalue weighted by Gasteiger charge is 2.47. The number of nitrogens with zero attached hydrogens (tertiary/aromatic N) is 3. The number of carbonyl (C=O) groups excluding carboxylic acids is 1. The van der Waals surface area contributed by atoms with Crippen molar-refractivity contribution in [2.45, 2.75) is 51.7 Å². The molecule has 0 aliphatic carbocycles. The summed E-state index contributed by atoms with van der Waals surface area (Å²) in [5, 5.41) is 12.8. The minimum atomic E-state index is -1.37. The number of carboxylic acids is 1. The summed E-state index contributed by atoms with van der Waals surface area (Å²) in [6, 6.07) is 0. The summed E-state index contributed by atoms with van der Waals surface area (Å²) in [4.78, 5) is 29.9. The highest BCUT2D eigenvalue weighted by molar-refractivity contribution is 7.09. The number of aromatic nitrogens is 2. The van der Waals surface area contributed by atoms with E-state index in [-0.39, 0.29) is 13.0 Å². The molecule has 1 aromatic rings.